The van der Waals surface area contributed by atoms with Crippen molar-refractivity contribution >= 4 is 51.1 Å². The smallest absolute Gasteiger partial charge is 0.336 e. The summed E-state index contributed by atoms with van der Waals surface area (Å²) < 4.78 is 33.4. The SMILES string of the molecule is CC(C)(C)OC(=O)C(C(=O)O)(c1ccc(Cl)cc1Cl)C(F)(F)Br. The fraction of sp³-hybridized carbons (Fsp3) is 0.429. The van der Waals surface area contributed by atoms with Gasteiger partial charge >= 0.3 is 16.8 Å². The van der Waals surface area contributed by atoms with Gasteiger partial charge in [-0.15, -0.1) is 0 Å². The molecule has 23 heavy (non-hydrogen) atoms. The molecule has 1 aromatic carbocycles. The summed E-state index contributed by atoms with van der Waals surface area (Å²) in [6.07, 6.45) is 0. The summed E-state index contributed by atoms with van der Waals surface area (Å²) in [5.41, 5.74) is -5.19. The fourth-order valence-corrected chi connectivity index (χ4v) is 2.95. The maximum Gasteiger partial charge on any atom is 0.336 e. The third kappa shape index (κ3) is 3.95. The number of ether oxygens (including phenoxy) is 1. The molecule has 0 fully saturated rings. The van der Waals surface area contributed by atoms with Gasteiger partial charge in [0, 0.05) is 15.6 Å². The van der Waals surface area contributed by atoms with Crippen LogP contribution in [-0.4, -0.2) is 27.5 Å². The van der Waals surface area contributed by atoms with Crippen LogP contribution >= 0.6 is 39.1 Å². The lowest BCUT2D eigenvalue weighted by atomic mass is 9.80. The van der Waals surface area contributed by atoms with Crippen molar-refractivity contribution in [2.24, 2.45) is 0 Å². The summed E-state index contributed by atoms with van der Waals surface area (Å²) in [5.74, 6) is -3.76. The summed E-state index contributed by atoms with van der Waals surface area (Å²) in [7, 11) is 0. The molecule has 0 aromatic heterocycles. The van der Waals surface area contributed by atoms with E-state index in [1.165, 1.54) is 20.8 Å². The lowest BCUT2D eigenvalue weighted by Crippen LogP contribution is -2.56. The second-order valence-corrected chi connectivity index (χ2v) is 7.52. The number of hydrogen-bond donors (Lipinski definition) is 1. The van der Waals surface area contributed by atoms with Crippen molar-refractivity contribution in [3.05, 3.63) is 33.8 Å². The predicted octanol–water partition coefficient (Wildman–Crippen LogP) is 4.65. The van der Waals surface area contributed by atoms with Crippen LogP contribution in [-0.2, 0) is 19.7 Å². The first kappa shape index (κ1) is 20.1. The molecule has 0 amide bonds. The van der Waals surface area contributed by atoms with Crippen LogP contribution in [0.3, 0.4) is 0 Å². The largest absolute Gasteiger partial charge is 0.480 e. The Hall–Kier alpha value is -0.920. The number of carbonyl (C=O) groups is 2. The number of carboxylic acid groups (broad SMARTS) is 1. The second kappa shape index (κ2) is 6.53. The van der Waals surface area contributed by atoms with E-state index in [1.807, 2.05) is 15.9 Å². The summed E-state index contributed by atoms with van der Waals surface area (Å²) in [6, 6.07) is 3.18. The lowest BCUT2D eigenvalue weighted by Gasteiger charge is -2.34. The van der Waals surface area contributed by atoms with Crippen LogP contribution in [0.1, 0.15) is 26.3 Å². The highest BCUT2D eigenvalue weighted by molar-refractivity contribution is 9.10. The molecule has 0 saturated heterocycles. The molecule has 0 saturated carbocycles. The first-order valence-corrected chi connectivity index (χ1v) is 7.77. The molecule has 0 radical (unpaired) electrons. The van der Waals surface area contributed by atoms with Gasteiger partial charge in [-0.1, -0.05) is 29.3 Å². The molecule has 0 aliphatic heterocycles. The maximum atomic E-state index is 14.2. The Morgan fingerprint density at radius 2 is 1.74 bits per heavy atom. The van der Waals surface area contributed by atoms with Gasteiger partial charge < -0.3 is 9.84 Å². The van der Waals surface area contributed by atoms with Crippen LogP contribution in [0.2, 0.25) is 10.0 Å². The lowest BCUT2D eigenvalue weighted by molar-refractivity contribution is -0.180. The average molecular weight is 434 g/mol. The highest BCUT2D eigenvalue weighted by Crippen LogP contribution is 2.48. The van der Waals surface area contributed by atoms with Crippen molar-refractivity contribution in [2.75, 3.05) is 0 Å². The van der Waals surface area contributed by atoms with Crippen LogP contribution in [0, 0.1) is 0 Å². The number of aliphatic carboxylic acids is 1. The highest BCUT2D eigenvalue weighted by atomic mass is 79.9. The highest BCUT2D eigenvalue weighted by Gasteiger charge is 2.67. The van der Waals surface area contributed by atoms with E-state index in [0.717, 1.165) is 18.2 Å². The Balaban J connectivity index is 3.73. The average Bonchev–Trinajstić information content (AvgIpc) is 2.27. The molecule has 0 aliphatic carbocycles. The van der Waals surface area contributed by atoms with Crippen molar-refractivity contribution < 1.29 is 28.2 Å². The van der Waals surface area contributed by atoms with Gasteiger partial charge in [0.2, 0.25) is 0 Å². The molecule has 128 valence electrons. The first-order chi connectivity index (χ1) is 10.2. The van der Waals surface area contributed by atoms with Gasteiger partial charge in [0.15, 0.2) is 0 Å². The molecular weight excluding hydrogens is 421 g/mol. The minimum absolute atomic E-state index is 0.0973. The summed E-state index contributed by atoms with van der Waals surface area (Å²) in [6.45, 7) is 4.27. The van der Waals surface area contributed by atoms with Gasteiger partial charge in [-0.05, 0) is 48.8 Å². The van der Waals surface area contributed by atoms with E-state index < -0.39 is 38.4 Å². The monoisotopic (exact) mass is 432 g/mol. The van der Waals surface area contributed by atoms with E-state index in [1.54, 1.807) is 0 Å². The van der Waals surface area contributed by atoms with Crippen LogP contribution in [0.5, 0.6) is 0 Å². The minimum Gasteiger partial charge on any atom is -0.480 e. The van der Waals surface area contributed by atoms with Gasteiger partial charge in [-0.3, -0.25) is 9.59 Å². The molecule has 1 aromatic rings. The second-order valence-electron chi connectivity index (χ2n) is 5.68. The fourth-order valence-electron chi connectivity index (χ4n) is 1.85. The van der Waals surface area contributed by atoms with Gasteiger partial charge in [0.1, 0.15) is 5.60 Å². The standard InChI is InChI=1S/C14H13BrCl2F2O4/c1-12(2,3)23-11(22)13(10(20)21,14(15,18)19)8-5-4-7(16)6-9(8)17/h4-6H,1-3H3,(H,20,21). The molecule has 1 atom stereocenters. The number of benzene rings is 1. The van der Waals surface area contributed by atoms with E-state index in [2.05, 4.69) is 0 Å². The first-order valence-electron chi connectivity index (χ1n) is 6.22. The molecule has 0 aliphatic rings. The number of halogens is 5. The zero-order valence-corrected chi connectivity index (χ0v) is 15.4. The van der Waals surface area contributed by atoms with Crippen molar-refractivity contribution in [3.8, 4) is 0 Å². The number of carboxylic acids is 1. The zero-order valence-electron chi connectivity index (χ0n) is 12.3. The normalized spacial score (nSPS) is 15.0. The van der Waals surface area contributed by atoms with E-state index >= 15 is 0 Å². The number of esters is 1. The molecular formula is C14H13BrCl2F2O4. The number of rotatable bonds is 4. The predicted molar refractivity (Wildman–Crippen MR) is 85.5 cm³/mol. The van der Waals surface area contributed by atoms with Gasteiger partial charge in [0.25, 0.3) is 5.41 Å². The maximum absolute atomic E-state index is 14.2. The molecule has 1 rings (SSSR count). The number of carbonyl (C=O) groups excluding carboxylic acids is 1. The molecule has 9 heteroatoms. The zero-order chi connectivity index (χ0) is 18.2. The van der Waals surface area contributed by atoms with Crippen LogP contribution in [0.25, 0.3) is 0 Å². The third-order valence-electron chi connectivity index (χ3n) is 2.79. The molecule has 4 nitrogen and oxygen atoms in total. The van der Waals surface area contributed by atoms with Gasteiger partial charge in [-0.25, -0.2) is 0 Å². The van der Waals surface area contributed by atoms with Crippen molar-refractivity contribution in [1.29, 1.82) is 0 Å². The topological polar surface area (TPSA) is 63.6 Å². The molecule has 0 bridgehead atoms. The third-order valence-corrected chi connectivity index (χ3v) is 3.93. The Morgan fingerprint density at radius 3 is 2.09 bits per heavy atom. The van der Waals surface area contributed by atoms with Crippen LogP contribution in [0.4, 0.5) is 8.78 Å². The minimum atomic E-state index is -4.17. The summed E-state index contributed by atoms with van der Waals surface area (Å²) in [5, 5.41) is 9.17. The van der Waals surface area contributed by atoms with Gasteiger partial charge in [-0.2, -0.15) is 8.78 Å². The van der Waals surface area contributed by atoms with Crippen molar-refractivity contribution in [2.45, 2.75) is 36.6 Å². The van der Waals surface area contributed by atoms with Crippen molar-refractivity contribution in [3.63, 3.8) is 0 Å². The summed E-state index contributed by atoms with van der Waals surface area (Å²) in [4.78, 5) is 20.0. The van der Waals surface area contributed by atoms with E-state index in [4.69, 9.17) is 27.9 Å². The van der Waals surface area contributed by atoms with E-state index in [9.17, 15) is 23.5 Å². The Kier molecular flexibility index (Phi) is 5.71. The summed E-state index contributed by atoms with van der Waals surface area (Å²) >= 11 is 13.6. The van der Waals surface area contributed by atoms with Crippen LogP contribution in [0.15, 0.2) is 18.2 Å². The molecule has 0 heterocycles. The van der Waals surface area contributed by atoms with E-state index in [0.29, 0.717) is 0 Å². The Bertz CT molecular complexity index is 641. The quantitative estimate of drug-likeness (QED) is 0.426. The number of hydrogen-bond acceptors (Lipinski definition) is 3. The van der Waals surface area contributed by atoms with Crippen LogP contribution < -0.4 is 0 Å². The Labute approximate surface area is 149 Å². The molecule has 1 unspecified atom stereocenters. The molecule has 1 N–H and O–H groups in total. The van der Waals surface area contributed by atoms with E-state index in [-0.39, 0.29) is 5.02 Å². The van der Waals surface area contributed by atoms with Gasteiger partial charge in [0.05, 0.1) is 0 Å². The molecule has 0 spiro atoms. The van der Waals surface area contributed by atoms with Crippen molar-refractivity contribution in [1.82, 2.24) is 0 Å². The number of alkyl halides is 3. The Morgan fingerprint density at radius 1 is 1.22 bits per heavy atom.